The first-order valence-electron chi connectivity index (χ1n) is 7.14. The van der Waals surface area contributed by atoms with Gasteiger partial charge < -0.3 is 10.2 Å². The normalized spacial score (nSPS) is 12.9. The predicted octanol–water partition coefficient (Wildman–Crippen LogP) is 4.37. The summed E-state index contributed by atoms with van der Waals surface area (Å²) in [5.41, 5.74) is 3.09. The van der Waals surface area contributed by atoms with Gasteiger partial charge in [-0.15, -0.1) is 0 Å². The average Bonchev–Trinajstić information content (AvgIpc) is 2.90. The topological polar surface area (TPSA) is 49.4 Å². The fourth-order valence-electron chi connectivity index (χ4n) is 2.78. The first-order valence-corrected chi connectivity index (χ1v) is 8.72. The lowest BCUT2D eigenvalue weighted by molar-refractivity contribution is -0.114. The Kier molecular flexibility index (Phi) is 4.55. The molecule has 2 amide bonds. The van der Waals surface area contributed by atoms with Gasteiger partial charge in [-0.05, 0) is 52.2 Å². The van der Waals surface area contributed by atoms with Crippen molar-refractivity contribution >= 4 is 55.0 Å². The number of benzene rings is 2. The molecule has 23 heavy (non-hydrogen) atoms. The van der Waals surface area contributed by atoms with Crippen LogP contribution in [-0.4, -0.2) is 18.4 Å². The highest BCUT2D eigenvalue weighted by Crippen LogP contribution is 2.39. The summed E-state index contributed by atoms with van der Waals surface area (Å²) in [5, 5.41) is 2.82. The Morgan fingerprint density at radius 2 is 1.91 bits per heavy atom. The van der Waals surface area contributed by atoms with Gasteiger partial charge in [0.25, 0.3) is 5.91 Å². The molecule has 1 heterocycles. The minimum absolute atomic E-state index is 0.0786. The van der Waals surface area contributed by atoms with Crippen molar-refractivity contribution in [3.05, 3.63) is 56.5 Å². The summed E-state index contributed by atoms with van der Waals surface area (Å²) in [7, 11) is 0. The highest BCUT2D eigenvalue weighted by molar-refractivity contribution is 9.10. The second kappa shape index (κ2) is 6.45. The Bertz CT molecular complexity index is 805. The molecule has 0 saturated heterocycles. The Morgan fingerprint density at radius 3 is 2.61 bits per heavy atom. The summed E-state index contributed by atoms with van der Waals surface area (Å²) in [6.07, 6.45) is 0.761. The number of amides is 2. The van der Waals surface area contributed by atoms with Gasteiger partial charge in [-0.2, -0.15) is 0 Å². The van der Waals surface area contributed by atoms with E-state index in [0.29, 0.717) is 17.8 Å². The van der Waals surface area contributed by atoms with Crippen molar-refractivity contribution in [1.82, 2.24) is 0 Å². The lowest BCUT2D eigenvalue weighted by Crippen LogP contribution is -2.30. The number of hydrogen-bond acceptors (Lipinski definition) is 2. The molecule has 0 saturated carbocycles. The molecule has 1 aliphatic rings. The molecule has 0 spiro atoms. The third-order valence-electron chi connectivity index (χ3n) is 3.69. The molecular weight excluding hydrogens is 424 g/mol. The second-order valence-corrected chi connectivity index (χ2v) is 7.10. The van der Waals surface area contributed by atoms with Gasteiger partial charge in [-0.1, -0.05) is 28.1 Å². The van der Waals surface area contributed by atoms with Crippen LogP contribution in [0.2, 0.25) is 0 Å². The highest BCUT2D eigenvalue weighted by Gasteiger charge is 2.29. The molecule has 4 nitrogen and oxygen atoms in total. The van der Waals surface area contributed by atoms with E-state index in [1.807, 2.05) is 30.3 Å². The minimum atomic E-state index is -0.162. The zero-order chi connectivity index (χ0) is 16.6. The van der Waals surface area contributed by atoms with Gasteiger partial charge in [-0.3, -0.25) is 9.59 Å². The van der Waals surface area contributed by atoms with Gasteiger partial charge in [-0.25, -0.2) is 0 Å². The maximum atomic E-state index is 12.9. The SMILES string of the molecule is CC(=O)Nc1cc(Br)cc2c1N(C(=O)c1ccccc1Br)CC2. The average molecular weight is 438 g/mol. The maximum absolute atomic E-state index is 12.9. The van der Waals surface area contributed by atoms with Gasteiger partial charge >= 0.3 is 0 Å². The van der Waals surface area contributed by atoms with Crippen LogP contribution in [0.15, 0.2) is 45.3 Å². The Hall–Kier alpha value is -1.66. The smallest absolute Gasteiger partial charge is 0.259 e. The zero-order valence-corrected chi connectivity index (χ0v) is 15.6. The van der Waals surface area contributed by atoms with Gasteiger partial charge in [0.05, 0.1) is 16.9 Å². The molecular formula is C17H14Br2N2O2. The second-order valence-electron chi connectivity index (χ2n) is 5.33. The highest BCUT2D eigenvalue weighted by atomic mass is 79.9. The van der Waals surface area contributed by atoms with Crippen LogP contribution in [0.25, 0.3) is 0 Å². The first kappa shape index (κ1) is 16.2. The van der Waals surface area contributed by atoms with E-state index in [1.54, 1.807) is 11.0 Å². The molecule has 1 aliphatic heterocycles. The molecule has 0 aliphatic carbocycles. The molecule has 0 fully saturated rings. The van der Waals surface area contributed by atoms with Crippen molar-refractivity contribution in [1.29, 1.82) is 0 Å². The van der Waals surface area contributed by atoms with Gasteiger partial charge in [0.1, 0.15) is 0 Å². The number of nitrogens with zero attached hydrogens (tertiary/aromatic N) is 1. The molecule has 0 radical (unpaired) electrons. The van der Waals surface area contributed by atoms with Crippen molar-refractivity contribution in [2.75, 3.05) is 16.8 Å². The van der Waals surface area contributed by atoms with Crippen LogP contribution in [-0.2, 0) is 11.2 Å². The lowest BCUT2D eigenvalue weighted by Gasteiger charge is -2.21. The van der Waals surface area contributed by atoms with Crippen LogP contribution in [0.4, 0.5) is 11.4 Å². The van der Waals surface area contributed by atoms with Crippen molar-refractivity contribution in [3.63, 3.8) is 0 Å². The molecule has 0 aromatic heterocycles. The molecule has 6 heteroatoms. The first-order chi connectivity index (χ1) is 11.0. The van der Waals surface area contributed by atoms with Crippen molar-refractivity contribution < 1.29 is 9.59 Å². The third-order valence-corrected chi connectivity index (χ3v) is 4.84. The van der Waals surface area contributed by atoms with Crippen molar-refractivity contribution in [2.24, 2.45) is 0 Å². The van der Waals surface area contributed by atoms with E-state index in [2.05, 4.69) is 37.2 Å². The monoisotopic (exact) mass is 436 g/mol. The van der Waals surface area contributed by atoms with Gasteiger partial charge in [0.2, 0.25) is 5.91 Å². The largest absolute Gasteiger partial charge is 0.324 e. The number of carbonyl (C=O) groups excluding carboxylic acids is 2. The van der Waals surface area contributed by atoms with E-state index >= 15 is 0 Å². The van der Waals surface area contributed by atoms with Gasteiger partial charge in [0, 0.05) is 22.4 Å². The van der Waals surface area contributed by atoms with Crippen LogP contribution >= 0.6 is 31.9 Å². The summed E-state index contributed by atoms with van der Waals surface area (Å²) in [6.45, 7) is 2.06. The molecule has 2 aromatic rings. The zero-order valence-electron chi connectivity index (χ0n) is 12.4. The Morgan fingerprint density at radius 1 is 1.17 bits per heavy atom. The van der Waals surface area contributed by atoms with E-state index in [0.717, 1.165) is 26.6 Å². The Balaban J connectivity index is 2.05. The summed E-state index contributed by atoms with van der Waals surface area (Å²) in [5.74, 6) is -0.240. The summed E-state index contributed by atoms with van der Waals surface area (Å²) < 4.78 is 1.65. The standard InChI is InChI=1S/C17H14Br2N2O2/c1-10(22)20-15-9-12(18)8-11-6-7-21(16(11)15)17(23)13-4-2-3-5-14(13)19/h2-5,8-9H,6-7H2,1H3,(H,20,22). The van der Waals surface area contributed by atoms with Crippen molar-refractivity contribution in [2.45, 2.75) is 13.3 Å². The Labute approximate surface area is 151 Å². The quantitative estimate of drug-likeness (QED) is 0.758. The van der Waals surface area contributed by atoms with E-state index < -0.39 is 0 Å². The van der Waals surface area contributed by atoms with Crippen LogP contribution < -0.4 is 10.2 Å². The maximum Gasteiger partial charge on any atom is 0.259 e. The molecule has 2 aromatic carbocycles. The molecule has 3 rings (SSSR count). The minimum Gasteiger partial charge on any atom is -0.324 e. The number of nitrogens with one attached hydrogen (secondary N) is 1. The van der Waals surface area contributed by atoms with E-state index in [1.165, 1.54) is 6.92 Å². The number of rotatable bonds is 2. The van der Waals surface area contributed by atoms with E-state index in [-0.39, 0.29) is 11.8 Å². The number of halogens is 2. The predicted molar refractivity (Wildman–Crippen MR) is 98.0 cm³/mol. The summed E-state index contributed by atoms with van der Waals surface area (Å²) >= 11 is 6.89. The van der Waals surface area contributed by atoms with Crippen LogP contribution in [0.5, 0.6) is 0 Å². The van der Waals surface area contributed by atoms with Crippen molar-refractivity contribution in [3.8, 4) is 0 Å². The number of carbonyl (C=O) groups is 2. The van der Waals surface area contributed by atoms with Crippen LogP contribution in [0, 0.1) is 0 Å². The molecule has 0 unspecified atom stereocenters. The number of hydrogen-bond donors (Lipinski definition) is 1. The summed E-state index contributed by atoms with van der Waals surface area (Å²) in [4.78, 5) is 26.1. The number of fused-ring (bicyclic) bond motifs is 1. The fraction of sp³-hybridized carbons (Fsp3) is 0.176. The fourth-order valence-corrected chi connectivity index (χ4v) is 3.74. The molecule has 0 atom stereocenters. The van der Waals surface area contributed by atoms with Crippen LogP contribution in [0.3, 0.4) is 0 Å². The third kappa shape index (κ3) is 3.19. The summed E-state index contributed by atoms with van der Waals surface area (Å²) in [6, 6.07) is 11.2. The molecule has 118 valence electrons. The van der Waals surface area contributed by atoms with Gasteiger partial charge in [0.15, 0.2) is 0 Å². The lowest BCUT2D eigenvalue weighted by atomic mass is 10.1. The molecule has 1 N–H and O–H groups in total. The number of anilines is 2. The van der Waals surface area contributed by atoms with E-state index in [4.69, 9.17) is 0 Å². The molecule has 0 bridgehead atoms. The van der Waals surface area contributed by atoms with E-state index in [9.17, 15) is 9.59 Å². The van der Waals surface area contributed by atoms with Crippen LogP contribution in [0.1, 0.15) is 22.8 Å².